The quantitative estimate of drug-likeness (QED) is 0.875. The monoisotopic (exact) mass is 252 g/mol. The zero-order valence-electron chi connectivity index (χ0n) is 10.9. The molecule has 4 heteroatoms. The summed E-state index contributed by atoms with van der Waals surface area (Å²) in [7, 11) is 0. The molecule has 0 aromatic heterocycles. The zero-order chi connectivity index (χ0) is 13.0. The van der Waals surface area contributed by atoms with Crippen molar-refractivity contribution in [1.29, 1.82) is 0 Å². The zero-order valence-corrected chi connectivity index (χ0v) is 10.9. The Balaban J connectivity index is 2.38. The Morgan fingerprint density at radius 2 is 2.00 bits per heavy atom. The van der Waals surface area contributed by atoms with Crippen molar-refractivity contribution in [2.75, 3.05) is 19.8 Å². The van der Waals surface area contributed by atoms with Gasteiger partial charge in [0.2, 0.25) is 0 Å². The highest BCUT2D eigenvalue weighted by Gasteiger charge is 2.40. The van der Waals surface area contributed by atoms with E-state index in [0.717, 1.165) is 12.8 Å². The second-order valence-corrected chi connectivity index (χ2v) is 4.29. The molecule has 0 atom stereocenters. The van der Waals surface area contributed by atoms with Gasteiger partial charge in [-0.05, 0) is 19.1 Å². The van der Waals surface area contributed by atoms with Gasteiger partial charge in [-0.25, -0.2) is 0 Å². The van der Waals surface area contributed by atoms with Crippen molar-refractivity contribution < 1.29 is 19.3 Å². The Morgan fingerprint density at radius 1 is 1.28 bits per heavy atom. The maximum Gasteiger partial charge on any atom is 0.198 e. The summed E-state index contributed by atoms with van der Waals surface area (Å²) >= 11 is 0. The number of aromatic hydroxyl groups is 1. The predicted molar refractivity (Wildman–Crippen MR) is 67.8 cm³/mol. The van der Waals surface area contributed by atoms with Gasteiger partial charge in [-0.1, -0.05) is 19.4 Å². The maximum absolute atomic E-state index is 10.3. The first-order valence-corrected chi connectivity index (χ1v) is 6.46. The number of rotatable bonds is 5. The molecule has 0 spiro atoms. The highest BCUT2D eigenvalue weighted by molar-refractivity contribution is 5.47. The smallest absolute Gasteiger partial charge is 0.198 e. The molecule has 0 bridgehead atoms. The van der Waals surface area contributed by atoms with Crippen LogP contribution in [0.5, 0.6) is 11.5 Å². The lowest BCUT2D eigenvalue weighted by molar-refractivity contribution is -0.172. The van der Waals surface area contributed by atoms with Gasteiger partial charge in [0, 0.05) is 6.42 Å². The summed E-state index contributed by atoms with van der Waals surface area (Å²) in [6, 6.07) is 5.43. The number of phenols is 1. The van der Waals surface area contributed by atoms with Gasteiger partial charge in [-0.2, -0.15) is 0 Å². The third-order valence-corrected chi connectivity index (χ3v) is 3.04. The average molecular weight is 252 g/mol. The molecule has 0 unspecified atom stereocenters. The Hall–Kier alpha value is -1.26. The van der Waals surface area contributed by atoms with E-state index in [1.54, 1.807) is 6.07 Å². The van der Waals surface area contributed by atoms with E-state index in [2.05, 4.69) is 6.92 Å². The van der Waals surface area contributed by atoms with E-state index in [4.69, 9.17) is 14.2 Å². The van der Waals surface area contributed by atoms with Gasteiger partial charge >= 0.3 is 0 Å². The minimum atomic E-state index is -0.814. The van der Waals surface area contributed by atoms with Crippen molar-refractivity contribution in [2.24, 2.45) is 0 Å². The molecule has 1 heterocycles. The largest absolute Gasteiger partial charge is 0.504 e. The van der Waals surface area contributed by atoms with Crippen LogP contribution in [0.3, 0.4) is 0 Å². The van der Waals surface area contributed by atoms with Crippen molar-refractivity contribution in [3.63, 3.8) is 0 Å². The van der Waals surface area contributed by atoms with Gasteiger partial charge in [0.1, 0.15) is 0 Å². The van der Waals surface area contributed by atoms with Crippen molar-refractivity contribution in [1.82, 2.24) is 0 Å². The van der Waals surface area contributed by atoms with Gasteiger partial charge in [0.15, 0.2) is 17.3 Å². The lowest BCUT2D eigenvalue weighted by Gasteiger charge is -2.28. The van der Waals surface area contributed by atoms with Gasteiger partial charge < -0.3 is 19.3 Å². The van der Waals surface area contributed by atoms with Crippen LogP contribution in [0, 0.1) is 0 Å². The van der Waals surface area contributed by atoms with Crippen LogP contribution in [-0.2, 0) is 15.3 Å². The molecule has 0 amide bonds. The third-order valence-electron chi connectivity index (χ3n) is 3.04. The molecule has 1 aromatic carbocycles. The van der Waals surface area contributed by atoms with Crippen LogP contribution in [0.1, 0.15) is 32.3 Å². The number of phenolic OH excluding ortho intramolecular Hbond substituents is 1. The summed E-state index contributed by atoms with van der Waals surface area (Å²) in [4.78, 5) is 0. The van der Waals surface area contributed by atoms with Crippen LogP contribution in [0.4, 0.5) is 0 Å². The van der Waals surface area contributed by atoms with E-state index < -0.39 is 5.79 Å². The summed E-state index contributed by atoms with van der Waals surface area (Å²) < 4.78 is 16.9. The highest BCUT2D eigenvalue weighted by Crippen LogP contribution is 2.43. The van der Waals surface area contributed by atoms with Crippen molar-refractivity contribution in [3.05, 3.63) is 23.8 Å². The van der Waals surface area contributed by atoms with E-state index in [1.807, 2.05) is 19.1 Å². The first-order valence-electron chi connectivity index (χ1n) is 6.46. The van der Waals surface area contributed by atoms with Crippen molar-refractivity contribution in [3.8, 4) is 11.5 Å². The first-order chi connectivity index (χ1) is 8.73. The van der Waals surface area contributed by atoms with Crippen molar-refractivity contribution >= 4 is 0 Å². The number of benzene rings is 1. The van der Waals surface area contributed by atoms with Crippen LogP contribution in [0.25, 0.3) is 0 Å². The summed E-state index contributed by atoms with van der Waals surface area (Å²) in [6.07, 6.45) is 1.63. The summed E-state index contributed by atoms with van der Waals surface area (Å²) in [5.41, 5.74) is 0.660. The topological polar surface area (TPSA) is 47.9 Å². The molecule has 0 aliphatic carbocycles. The maximum atomic E-state index is 10.3. The Labute approximate surface area is 107 Å². The number of para-hydroxylation sites is 1. The Morgan fingerprint density at radius 3 is 2.61 bits per heavy atom. The van der Waals surface area contributed by atoms with Gasteiger partial charge in [-0.15, -0.1) is 0 Å². The number of hydrogen-bond donors (Lipinski definition) is 1. The fourth-order valence-corrected chi connectivity index (χ4v) is 2.32. The Bertz CT molecular complexity index is 397. The van der Waals surface area contributed by atoms with Gasteiger partial charge in [0.25, 0.3) is 0 Å². The molecule has 0 saturated carbocycles. The third kappa shape index (κ3) is 2.31. The normalized spacial score (nSPS) is 17.9. The number of hydrogen-bond acceptors (Lipinski definition) is 4. The molecule has 4 nitrogen and oxygen atoms in total. The lowest BCUT2D eigenvalue weighted by Crippen LogP contribution is -2.27. The molecule has 1 aliphatic heterocycles. The average Bonchev–Trinajstić information content (AvgIpc) is 2.82. The standard InChI is InChI=1S/C14H20O4/c1-3-8-14(17-9-10-18-14)11-6-5-7-12(13(11)15)16-4-2/h5-7,15H,3-4,8-10H2,1-2H3. The molecular weight excluding hydrogens is 232 g/mol. The fraction of sp³-hybridized carbons (Fsp3) is 0.571. The predicted octanol–water partition coefficient (Wildman–Crippen LogP) is 2.79. The van der Waals surface area contributed by atoms with Crippen LogP contribution in [0.2, 0.25) is 0 Å². The van der Waals surface area contributed by atoms with Crippen LogP contribution in [0.15, 0.2) is 18.2 Å². The van der Waals surface area contributed by atoms with Crippen LogP contribution >= 0.6 is 0 Å². The van der Waals surface area contributed by atoms with E-state index in [1.165, 1.54) is 0 Å². The molecule has 0 radical (unpaired) electrons. The molecule has 1 saturated heterocycles. The van der Waals surface area contributed by atoms with Crippen LogP contribution < -0.4 is 4.74 Å². The Kier molecular flexibility index (Phi) is 4.09. The molecule has 1 aromatic rings. The summed E-state index contributed by atoms with van der Waals surface area (Å²) in [5.74, 6) is -0.217. The molecule has 18 heavy (non-hydrogen) atoms. The second-order valence-electron chi connectivity index (χ2n) is 4.29. The minimum Gasteiger partial charge on any atom is -0.504 e. The van der Waals surface area contributed by atoms with Crippen molar-refractivity contribution in [2.45, 2.75) is 32.5 Å². The molecule has 2 rings (SSSR count). The van der Waals surface area contributed by atoms with Crippen LogP contribution in [-0.4, -0.2) is 24.9 Å². The molecule has 100 valence electrons. The van der Waals surface area contributed by atoms with Gasteiger partial charge in [-0.3, -0.25) is 0 Å². The molecular formula is C14H20O4. The highest BCUT2D eigenvalue weighted by atomic mass is 16.7. The molecule has 1 N–H and O–H groups in total. The molecule has 1 aliphatic rings. The fourth-order valence-electron chi connectivity index (χ4n) is 2.32. The van der Waals surface area contributed by atoms with E-state index in [-0.39, 0.29) is 5.75 Å². The van der Waals surface area contributed by atoms with E-state index in [9.17, 15) is 5.11 Å². The minimum absolute atomic E-state index is 0.120. The number of ether oxygens (including phenoxy) is 3. The van der Waals surface area contributed by atoms with E-state index >= 15 is 0 Å². The van der Waals surface area contributed by atoms with Gasteiger partial charge in [0.05, 0.1) is 25.4 Å². The SMILES string of the molecule is CCCC1(c2cccc(OCC)c2O)OCCO1. The summed E-state index contributed by atoms with van der Waals surface area (Å²) in [5, 5.41) is 10.3. The first kappa shape index (κ1) is 13.2. The second kappa shape index (κ2) is 5.59. The lowest BCUT2D eigenvalue weighted by atomic mass is 9.99. The van der Waals surface area contributed by atoms with E-state index in [0.29, 0.717) is 31.1 Å². The molecule has 1 fully saturated rings. The summed E-state index contributed by atoms with van der Waals surface area (Å²) in [6.45, 7) is 5.57.